The Hall–Kier alpha value is -1.47. The van der Waals surface area contributed by atoms with E-state index < -0.39 is 21.9 Å². The van der Waals surface area contributed by atoms with Gasteiger partial charge in [-0.05, 0) is 37.0 Å². The molecule has 0 bridgehead atoms. The minimum atomic E-state index is -3.40. The van der Waals surface area contributed by atoms with E-state index in [-0.39, 0.29) is 12.3 Å². The van der Waals surface area contributed by atoms with Gasteiger partial charge in [-0.25, -0.2) is 12.7 Å². The number of sulfonamides is 1. The Kier molecular flexibility index (Phi) is 4.72. The van der Waals surface area contributed by atoms with Gasteiger partial charge in [0.15, 0.2) is 0 Å². The standard InChI is InChI=1S/C13H18N2O4S/c16-13(17)12-2-1-8-15(10-12)20(18,19)9-5-11-3-6-14-7-4-11/h3-4,6-7,12H,1-2,5,8-10H2,(H,16,17)/t12-/m1/s1. The van der Waals surface area contributed by atoms with Gasteiger partial charge in [0.1, 0.15) is 0 Å². The van der Waals surface area contributed by atoms with Crippen LogP contribution in [0.25, 0.3) is 0 Å². The van der Waals surface area contributed by atoms with Crippen LogP contribution in [0.5, 0.6) is 0 Å². The van der Waals surface area contributed by atoms with E-state index in [9.17, 15) is 13.2 Å². The number of rotatable bonds is 5. The smallest absolute Gasteiger partial charge is 0.307 e. The first kappa shape index (κ1) is 14.9. The number of aryl methyl sites for hydroxylation is 1. The second-order valence-electron chi connectivity index (χ2n) is 4.96. The average molecular weight is 298 g/mol. The second kappa shape index (κ2) is 6.32. The van der Waals surface area contributed by atoms with Crippen molar-refractivity contribution in [3.63, 3.8) is 0 Å². The Bertz CT molecular complexity index is 559. The summed E-state index contributed by atoms with van der Waals surface area (Å²) in [5.74, 6) is -1.50. The first-order valence-electron chi connectivity index (χ1n) is 6.58. The molecule has 1 aromatic heterocycles. The number of carboxylic acid groups (broad SMARTS) is 1. The van der Waals surface area contributed by atoms with Crippen LogP contribution in [0.1, 0.15) is 18.4 Å². The molecule has 1 fully saturated rings. The van der Waals surface area contributed by atoms with Gasteiger partial charge in [-0.1, -0.05) is 0 Å². The fourth-order valence-corrected chi connectivity index (χ4v) is 3.89. The lowest BCUT2D eigenvalue weighted by atomic mass is 10.0. The van der Waals surface area contributed by atoms with Gasteiger partial charge in [0.2, 0.25) is 10.0 Å². The normalized spacial score (nSPS) is 20.7. The van der Waals surface area contributed by atoms with Crippen LogP contribution in [0.4, 0.5) is 0 Å². The van der Waals surface area contributed by atoms with Gasteiger partial charge in [0.25, 0.3) is 0 Å². The highest BCUT2D eigenvalue weighted by Crippen LogP contribution is 2.20. The molecule has 0 aliphatic carbocycles. The van der Waals surface area contributed by atoms with Crippen LogP contribution < -0.4 is 0 Å². The lowest BCUT2D eigenvalue weighted by molar-refractivity contribution is -0.142. The molecule has 2 heterocycles. The van der Waals surface area contributed by atoms with Crippen molar-refractivity contribution in [2.24, 2.45) is 5.92 Å². The Morgan fingerprint density at radius 2 is 2.10 bits per heavy atom. The SMILES string of the molecule is O=C(O)[C@@H]1CCCN(S(=O)(=O)CCc2ccncc2)C1. The molecule has 20 heavy (non-hydrogen) atoms. The molecule has 0 spiro atoms. The topological polar surface area (TPSA) is 87.6 Å². The summed E-state index contributed by atoms with van der Waals surface area (Å²) in [5.41, 5.74) is 0.912. The van der Waals surface area contributed by atoms with Crippen LogP contribution in [-0.4, -0.2) is 47.6 Å². The van der Waals surface area contributed by atoms with Crippen molar-refractivity contribution in [1.82, 2.24) is 9.29 Å². The van der Waals surface area contributed by atoms with E-state index in [2.05, 4.69) is 4.98 Å². The molecule has 1 aromatic rings. The van der Waals surface area contributed by atoms with Crippen molar-refractivity contribution in [1.29, 1.82) is 0 Å². The molecule has 0 unspecified atom stereocenters. The fraction of sp³-hybridized carbons (Fsp3) is 0.538. The Morgan fingerprint density at radius 1 is 1.40 bits per heavy atom. The number of aromatic nitrogens is 1. The number of aliphatic carboxylic acids is 1. The van der Waals surface area contributed by atoms with E-state index in [1.54, 1.807) is 24.5 Å². The number of carboxylic acids is 1. The third-order valence-electron chi connectivity index (χ3n) is 3.52. The quantitative estimate of drug-likeness (QED) is 0.866. The zero-order chi connectivity index (χ0) is 14.6. The van der Waals surface area contributed by atoms with Crippen molar-refractivity contribution in [3.8, 4) is 0 Å². The number of carbonyl (C=O) groups is 1. The van der Waals surface area contributed by atoms with Crippen LogP contribution in [0, 0.1) is 5.92 Å². The summed E-state index contributed by atoms with van der Waals surface area (Å²) in [6.45, 7) is 0.510. The van der Waals surface area contributed by atoms with Crippen molar-refractivity contribution >= 4 is 16.0 Å². The van der Waals surface area contributed by atoms with Gasteiger partial charge in [-0.15, -0.1) is 0 Å². The molecule has 1 atom stereocenters. The predicted molar refractivity (Wildman–Crippen MR) is 73.7 cm³/mol. The molecule has 0 saturated carbocycles. The average Bonchev–Trinajstić information content (AvgIpc) is 2.46. The lowest BCUT2D eigenvalue weighted by Crippen LogP contribution is -2.43. The van der Waals surface area contributed by atoms with Crippen molar-refractivity contribution in [2.75, 3.05) is 18.8 Å². The summed E-state index contributed by atoms with van der Waals surface area (Å²) in [5, 5.41) is 9.00. The van der Waals surface area contributed by atoms with Gasteiger partial charge >= 0.3 is 5.97 Å². The van der Waals surface area contributed by atoms with Gasteiger partial charge < -0.3 is 5.11 Å². The molecule has 1 saturated heterocycles. The molecular formula is C13H18N2O4S. The summed E-state index contributed by atoms with van der Waals surface area (Å²) in [6.07, 6.45) is 4.82. The molecule has 0 aromatic carbocycles. The Labute approximate surface area is 118 Å². The molecule has 0 amide bonds. The van der Waals surface area contributed by atoms with E-state index >= 15 is 0 Å². The fourth-order valence-electron chi connectivity index (χ4n) is 2.32. The van der Waals surface area contributed by atoms with Gasteiger partial charge in [0.05, 0.1) is 11.7 Å². The maximum Gasteiger partial charge on any atom is 0.307 e. The largest absolute Gasteiger partial charge is 0.481 e. The minimum Gasteiger partial charge on any atom is -0.481 e. The van der Waals surface area contributed by atoms with Crippen LogP contribution in [0.3, 0.4) is 0 Å². The van der Waals surface area contributed by atoms with Crippen molar-refractivity contribution in [3.05, 3.63) is 30.1 Å². The van der Waals surface area contributed by atoms with E-state index in [0.29, 0.717) is 25.8 Å². The van der Waals surface area contributed by atoms with E-state index in [1.165, 1.54) is 4.31 Å². The van der Waals surface area contributed by atoms with Gasteiger partial charge in [-0.2, -0.15) is 0 Å². The van der Waals surface area contributed by atoms with Crippen molar-refractivity contribution < 1.29 is 18.3 Å². The Balaban J connectivity index is 1.97. The monoisotopic (exact) mass is 298 g/mol. The number of hydrogen-bond donors (Lipinski definition) is 1. The minimum absolute atomic E-state index is 0.00333. The third-order valence-corrected chi connectivity index (χ3v) is 5.36. The van der Waals surface area contributed by atoms with Gasteiger partial charge in [0, 0.05) is 25.5 Å². The highest BCUT2D eigenvalue weighted by atomic mass is 32.2. The van der Waals surface area contributed by atoms with Crippen LogP contribution in [-0.2, 0) is 21.2 Å². The zero-order valence-corrected chi connectivity index (χ0v) is 11.9. The predicted octanol–water partition coefficient (Wildman–Crippen LogP) is 0.750. The Morgan fingerprint density at radius 3 is 2.75 bits per heavy atom. The van der Waals surface area contributed by atoms with Crippen LogP contribution in [0.15, 0.2) is 24.5 Å². The highest BCUT2D eigenvalue weighted by molar-refractivity contribution is 7.89. The summed E-state index contributed by atoms with van der Waals surface area (Å²) < 4.78 is 25.8. The van der Waals surface area contributed by atoms with Crippen LogP contribution >= 0.6 is 0 Å². The molecule has 1 aliphatic rings. The summed E-state index contributed by atoms with van der Waals surface area (Å²) in [7, 11) is -3.40. The number of hydrogen-bond acceptors (Lipinski definition) is 4. The maximum absolute atomic E-state index is 12.2. The molecule has 6 nitrogen and oxygen atoms in total. The summed E-state index contributed by atoms with van der Waals surface area (Å²) >= 11 is 0. The number of piperidine rings is 1. The van der Waals surface area contributed by atoms with E-state index in [4.69, 9.17) is 5.11 Å². The lowest BCUT2D eigenvalue weighted by Gasteiger charge is -2.29. The molecular weight excluding hydrogens is 280 g/mol. The first-order chi connectivity index (χ1) is 9.49. The van der Waals surface area contributed by atoms with E-state index in [0.717, 1.165) is 5.56 Å². The maximum atomic E-state index is 12.2. The third kappa shape index (κ3) is 3.77. The summed E-state index contributed by atoms with van der Waals surface area (Å²) in [6, 6.07) is 3.57. The molecule has 7 heteroatoms. The molecule has 110 valence electrons. The molecule has 1 N–H and O–H groups in total. The number of nitrogens with zero attached hydrogens (tertiary/aromatic N) is 2. The number of pyridine rings is 1. The van der Waals surface area contributed by atoms with E-state index in [1.807, 2.05) is 0 Å². The molecule has 2 rings (SSSR count). The second-order valence-corrected chi connectivity index (χ2v) is 7.05. The molecule has 1 aliphatic heterocycles. The van der Waals surface area contributed by atoms with Crippen LogP contribution in [0.2, 0.25) is 0 Å². The zero-order valence-electron chi connectivity index (χ0n) is 11.1. The highest BCUT2D eigenvalue weighted by Gasteiger charge is 2.31. The first-order valence-corrected chi connectivity index (χ1v) is 8.19. The molecule has 0 radical (unpaired) electrons. The van der Waals surface area contributed by atoms with Crippen molar-refractivity contribution in [2.45, 2.75) is 19.3 Å². The summed E-state index contributed by atoms with van der Waals surface area (Å²) in [4.78, 5) is 14.9. The van der Waals surface area contributed by atoms with Gasteiger partial charge in [-0.3, -0.25) is 9.78 Å².